The lowest BCUT2D eigenvalue weighted by molar-refractivity contribution is -0.274. The molecule has 9 heteroatoms. The van der Waals surface area contributed by atoms with Crippen LogP contribution in [0.15, 0.2) is 48.5 Å². The number of anilines is 1. The second kappa shape index (κ2) is 7.77. The van der Waals surface area contributed by atoms with Crippen molar-refractivity contribution < 1.29 is 27.5 Å². The Hall–Kier alpha value is -3.23. The molecule has 0 saturated heterocycles. The van der Waals surface area contributed by atoms with Crippen LogP contribution in [-0.4, -0.2) is 18.3 Å². The lowest BCUT2D eigenvalue weighted by atomic mass is 10.1. The van der Waals surface area contributed by atoms with Crippen molar-refractivity contribution >= 4 is 17.6 Å². The Morgan fingerprint density at radius 3 is 2.35 bits per heavy atom. The first-order valence-electron chi connectivity index (χ1n) is 7.47. The molecule has 0 heterocycles. The van der Waals surface area contributed by atoms with Crippen molar-refractivity contribution in [3.63, 3.8) is 0 Å². The maximum Gasteiger partial charge on any atom is 0.573 e. The van der Waals surface area contributed by atoms with Gasteiger partial charge in [-0.3, -0.25) is 4.79 Å². The number of benzene rings is 2. The molecule has 1 atom stereocenters. The van der Waals surface area contributed by atoms with E-state index in [9.17, 15) is 22.8 Å². The number of urea groups is 1. The highest BCUT2D eigenvalue weighted by atomic mass is 19.4. The van der Waals surface area contributed by atoms with Crippen molar-refractivity contribution in [2.45, 2.75) is 19.3 Å². The molecule has 0 saturated carbocycles. The predicted octanol–water partition coefficient (Wildman–Crippen LogP) is 3.57. The van der Waals surface area contributed by atoms with E-state index in [0.717, 1.165) is 0 Å². The van der Waals surface area contributed by atoms with Crippen LogP contribution in [0.25, 0.3) is 0 Å². The average Bonchev–Trinajstić information content (AvgIpc) is 2.53. The zero-order valence-electron chi connectivity index (χ0n) is 13.6. The van der Waals surface area contributed by atoms with Gasteiger partial charge >= 0.3 is 12.4 Å². The van der Waals surface area contributed by atoms with Crippen LogP contribution in [0.4, 0.5) is 23.7 Å². The van der Waals surface area contributed by atoms with Crippen molar-refractivity contribution in [2.24, 2.45) is 5.73 Å². The molecule has 0 radical (unpaired) electrons. The normalized spacial score (nSPS) is 12.2. The van der Waals surface area contributed by atoms with Gasteiger partial charge in [0.05, 0.1) is 6.04 Å². The van der Waals surface area contributed by atoms with Crippen LogP contribution in [0.3, 0.4) is 0 Å². The number of primary amides is 1. The zero-order valence-corrected chi connectivity index (χ0v) is 13.6. The van der Waals surface area contributed by atoms with E-state index in [1.807, 2.05) is 0 Å². The standard InChI is InChI=1S/C17H16F3N3O3/c1-10(11-5-7-14(8-6-11)26-17(18,19)20)22-15(24)12-3-2-4-13(9-12)23-16(21)25/h2-10H,1H3,(H,22,24)(H3,21,23,25). The summed E-state index contributed by atoms with van der Waals surface area (Å²) < 4.78 is 40.3. The van der Waals surface area contributed by atoms with E-state index >= 15 is 0 Å². The summed E-state index contributed by atoms with van der Waals surface area (Å²) >= 11 is 0. The fourth-order valence-electron chi connectivity index (χ4n) is 2.20. The maximum atomic E-state index is 12.3. The lowest BCUT2D eigenvalue weighted by Gasteiger charge is -2.16. The minimum atomic E-state index is -4.76. The van der Waals surface area contributed by atoms with Gasteiger partial charge < -0.3 is 21.1 Å². The van der Waals surface area contributed by atoms with Gasteiger partial charge in [0, 0.05) is 11.3 Å². The Labute approximate surface area is 147 Å². The SMILES string of the molecule is CC(NC(=O)c1cccc(NC(N)=O)c1)c1ccc(OC(F)(F)F)cc1. The molecule has 0 aliphatic heterocycles. The minimum absolute atomic E-state index is 0.292. The third-order valence-corrected chi connectivity index (χ3v) is 3.35. The molecule has 4 N–H and O–H groups in total. The number of carbonyl (C=O) groups is 2. The summed E-state index contributed by atoms with van der Waals surface area (Å²) in [5, 5.41) is 5.08. The van der Waals surface area contributed by atoms with Gasteiger partial charge in [-0.15, -0.1) is 13.2 Å². The monoisotopic (exact) mass is 367 g/mol. The van der Waals surface area contributed by atoms with Crippen LogP contribution in [0.2, 0.25) is 0 Å². The van der Waals surface area contributed by atoms with Gasteiger partial charge in [0.1, 0.15) is 5.75 Å². The van der Waals surface area contributed by atoms with Gasteiger partial charge in [-0.05, 0) is 42.8 Å². The van der Waals surface area contributed by atoms with E-state index in [2.05, 4.69) is 15.4 Å². The Morgan fingerprint density at radius 1 is 1.12 bits per heavy atom. The van der Waals surface area contributed by atoms with Crippen LogP contribution in [0, 0.1) is 0 Å². The summed E-state index contributed by atoms with van der Waals surface area (Å²) in [5.41, 5.74) is 6.28. The molecule has 3 amide bonds. The van der Waals surface area contributed by atoms with Crippen molar-refractivity contribution in [2.75, 3.05) is 5.32 Å². The molecule has 0 aliphatic carbocycles. The first kappa shape index (κ1) is 19.1. The molecule has 0 aromatic heterocycles. The molecule has 2 aromatic rings. The first-order chi connectivity index (χ1) is 12.1. The van der Waals surface area contributed by atoms with Gasteiger partial charge in [0.25, 0.3) is 5.91 Å². The molecule has 0 fully saturated rings. The zero-order chi connectivity index (χ0) is 19.3. The van der Waals surface area contributed by atoms with Gasteiger partial charge in [0.15, 0.2) is 0 Å². The maximum absolute atomic E-state index is 12.3. The van der Waals surface area contributed by atoms with Gasteiger partial charge in [-0.1, -0.05) is 18.2 Å². The van der Waals surface area contributed by atoms with E-state index in [1.54, 1.807) is 25.1 Å². The summed E-state index contributed by atoms with van der Waals surface area (Å²) in [5.74, 6) is -0.758. The number of amides is 3. The molecular formula is C17H16F3N3O3. The van der Waals surface area contributed by atoms with E-state index in [1.165, 1.54) is 30.3 Å². The summed E-state index contributed by atoms with van der Waals surface area (Å²) in [7, 11) is 0. The molecular weight excluding hydrogens is 351 g/mol. The number of hydrogen-bond donors (Lipinski definition) is 3. The summed E-state index contributed by atoms with van der Waals surface area (Å²) in [6.45, 7) is 1.68. The van der Waals surface area contributed by atoms with E-state index < -0.39 is 24.3 Å². The van der Waals surface area contributed by atoms with Crippen molar-refractivity contribution in [3.8, 4) is 5.75 Å². The smallest absolute Gasteiger partial charge is 0.406 e. The second-order valence-electron chi connectivity index (χ2n) is 5.38. The number of alkyl halides is 3. The number of nitrogens with two attached hydrogens (primary N) is 1. The van der Waals surface area contributed by atoms with Crippen molar-refractivity contribution in [3.05, 3.63) is 59.7 Å². The quantitative estimate of drug-likeness (QED) is 0.754. The Kier molecular flexibility index (Phi) is 5.71. The molecule has 1 unspecified atom stereocenters. The molecule has 0 bridgehead atoms. The van der Waals surface area contributed by atoms with Crippen LogP contribution in [-0.2, 0) is 0 Å². The van der Waals surface area contributed by atoms with E-state index in [4.69, 9.17) is 5.73 Å². The topological polar surface area (TPSA) is 93.5 Å². The molecule has 138 valence electrons. The summed E-state index contributed by atoms with van der Waals surface area (Å²) in [6, 6.07) is 10.1. The highest BCUT2D eigenvalue weighted by Crippen LogP contribution is 2.24. The Morgan fingerprint density at radius 2 is 1.77 bits per heavy atom. The first-order valence-corrected chi connectivity index (χ1v) is 7.47. The number of ether oxygens (including phenoxy) is 1. The van der Waals surface area contributed by atoms with E-state index in [0.29, 0.717) is 16.8 Å². The summed E-state index contributed by atoms with van der Waals surface area (Å²) in [6.07, 6.45) is -4.76. The van der Waals surface area contributed by atoms with Gasteiger partial charge in [-0.25, -0.2) is 4.79 Å². The Balaban J connectivity index is 2.03. The lowest BCUT2D eigenvalue weighted by Crippen LogP contribution is -2.27. The van der Waals surface area contributed by atoms with Crippen LogP contribution >= 0.6 is 0 Å². The molecule has 0 spiro atoms. The molecule has 6 nitrogen and oxygen atoms in total. The van der Waals surface area contributed by atoms with Crippen LogP contribution in [0.5, 0.6) is 5.75 Å². The second-order valence-corrected chi connectivity index (χ2v) is 5.38. The molecule has 2 aromatic carbocycles. The fraction of sp³-hybridized carbons (Fsp3) is 0.176. The summed E-state index contributed by atoms with van der Waals surface area (Å²) in [4.78, 5) is 23.1. The predicted molar refractivity (Wildman–Crippen MR) is 88.7 cm³/mol. The number of carbonyl (C=O) groups excluding carboxylic acids is 2. The van der Waals surface area contributed by atoms with Crippen molar-refractivity contribution in [1.82, 2.24) is 5.32 Å². The molecule has 0 aliphatic rings. The highest BCUT2D eigenvalue weighted by molar-refractivity contribution is 5.96. The van der Waals surface area contributed by atoms with Gasteiger partial charge in [-0.2, -0.15) is 0 Å². The third-order valence-electron chi connectivity index (χ3n) is 3.35. The largest absolute Gasteiger partial charge is 0.573 e. The molecule has 26 heavy (non-hydrogen) atoms. The van der Waals surface area contributed by atoms with E-state index in [-0.39, 0.29) is 5.75 Å². The van der Waals surface area contributed by atoms with Gasteiger partial charge in [0.2, 0.25) is 0 Å². The van der Waals surface area contributed by atoms with Crippen LogP contribution in [0.1, 0.15) is 28.9 Å². The number of nitrogens with one attached hydrogen (secondary N) is 2. The number of hydrogen-bond acceptors (Lipinski definition) is 3. The fourth-order valence-corrected chi connectivity index (χ4v) is 2.20. The van der Waals surface area contributed by atoms with Crippen molar-refractivity contribution in [1.29, 1.82) is 0 Å². The number of rotatable bonds is 5. The Bertz CT molecular complexity index is 792. The third kappa shape index (κ3) is 5.69. The highest BCUT2D eigenvalue weighted by Gasteiger charge is 2.31. The van der Waals surface area contributed by atoms with Crippen LogP contribution < -0.4 is 21.1 Å². The minimum Gasteiger partial charge on any atom is -0.406 e. The average molecular weight is 367 g/mol. The molecule has 2 rings (SSSR count). The number of halogens is 3.